The molecular formula is C13H27N3O. The van der Waals surface area contributed by atoms with Crippen LogP contribution in [0.4, 0.5) is 0 Å². The molecule has 1 fully saturated rings. The van der Waals surface area contributed by atoms with E-state index >= 15 is 0 Å². The van der Waals surface area contributed by atoms with Crippen molar-refractivity contribution in [1.29, 1.82) is 0 Å². The van der Waals surface area contributed by atoms with Crippen molar-refractivity contribution in [3.05, 3.63) is 0 Å². The SMILES string of the molecule is CN1CCC(CCNC(=O)CCC(C)(C)N)C1. The van der Waals surface area contributed by atoms with Gasteiger partial charge in [-0.3, -0.25) is 4.79 Å². The van der Waals surface area contributed by atoms with Gasteiger partial charge in [-0.05, 0) is 52.6 Å². The maximum absolute atomic E-state index is 11.6. The van der Waals surface area contributed by atoms with E-state index in [4.69, 9.17) is 5.73 Å². The number of nitrogens with zero attached hydrogens (tertiary/aromatic N) is 1. The number of hydrogen-bond donors (Lipinski definition) is 2. The molecule has 0 aromatic heterocycles. The van der Waals surface area contributed by atoms with Crippen molar-refractivity contribution in [2.45, 2.75) is 45.1 Å². The zero-order valence-electron chi connectivity index (χ0n) is 11.5. The van der Waals surface area contributed by atoms with Crippen LogP contribution in [-0.4, -0.2) is 43.0 Å². The van der Waals surface area contributed by atoms with Crippen LogP contribution >= 0.6 is 0 Å². The quantitative estimate of drug-likeness (QED) is 0.728. The van der Waals surface area contributed by atoms with Gasteiger partial charge in [0.05, 0.1) is 0 Å². The van der Waals surface area contributed by atoms with Gasteiger partial charge in [0.2, 0.25) is 5.91 Å². The molecule has 4 nitrogen and oxygen atoms in total. The second-order valence-corrected chi connectivity index (χ2v) is 6.04. The van der Waals surface area contributed by atoms with Gasteiger partial charge in [-0.25, -0.2) is 0 Å². The van der Waals surface area contributed by atoms with Gasteiger partial charge in [-0.1, -0.05) is 0 Å². The second kappa shape index (κ2) is 6.36. The second-order valence-electron chi connectivity index (χ2n) is 6.04. The Balaban J connectivity index is 2.04. The highest BCUT2D eigenvalue weighted by Gasteiger charge is 2.19. The molecule has 100 valence electrons. The van der Waals surface area contributed by atoms with Crippen molar-refractivity contribution in [3.63, 3.8) is 0 Å². The Labute approximate surface area is 105 Å². The van der Waals surface area contributed by atoms with Gasteiger partial charge in [-0.15, -0.1) is 0 Å². The van der Waals surface area contributed by atoms with Crippen LogP contribution in [0.15, 0.2) is 0 Å². The molecule has 1 amide bonds. The van der Waals surface area contributed by atoms with Gasteiger partial charge >= 0.3 is 0 Å². The summed E-state index contributed by atoms with van der Waals surface area (Å²) in [6.07, 6.45) is 3.64. The first-order valence-corrected chi connectivity index (χ1v) is 6.61. The molecule has 1 aliphatic rings. The summed E-state index contributed by atoms with van der Waals surface area (Å²) in [4.78, 5) is 13.9. The molecule has 4 heteroatoms. The first-order chi connectivity index (χ1) is 7.87. The molecule has 1 saturated heterocycles. The number of nitrogens with two attached hydrogens (primary N) is 1. The molecule has 1 unspecified atom stereocenters. The summed E-state index contributed by atoms with van der Waals surface area (Å²) in [6.45, 7) is 7.08. The largest absolute Gasteiger partial charge is 0.356 e. The van der Waals surface area contributed by atoms with Crippen molar-refractivity contribution < 1.29 is 4.79 Å². The van der Waals surface area contributed by atoms with E-state index in [1.807, 2.05) is 13.8 Å². The molecule has 1 aliphatic heterocycles. The number of hydrogen-bond acceptors (Lipinski definition) is 3. The zero-order valence-corrected chi connectivity index (χ0v) is 11.5. The van der Waals surface area contributed by atoms with Crippen molar-refractivity contribution in [2.24, 2.45) is 11.7 Å². The summed E-state index contributed by atoms with van der Waals surface area (Å²) >= 11 is 0. The van der Waals surface area contributed by atoms with E-state index in [0.717, 1.165) is 25.3 Å². The Morgan fingerprint density at radius 1 is 1.53 bits per heavy atom. The van der Waals surface area contributed by atoms with E-state index < -0.39 is 0 Å². The van der Waals surface area contributed by atoms with E-state index in [9.17, 15) is 4.79 Å². The lowest BCUT2D eigenvalue weighted by Crippen LogP contribution is -2.34. The fourth-order valence-electron chi connectivity index (χ4n) is 2.20. The fraction of sp³-hybridized carbons (Fsp3) is 0.923. The van der Waals surface area contributed by atoms with Crippen molar-refractivity contribution in [1.82, 2.24) is 10.2 Å². The third-order valence-electron chi connectivity index (χ3n) is 3.36. The van der Waals surface area contributed by atoms with Crippen LogP contribution in [0, 0.1) is 5.92 Å². The maximum Gasteiger partial charge on any atom is 0.220 e. The van der Waals surface area contributed by atoms with E-state index in [1.54, 1.807) is 0 Å². The van der Waals surface area contributed by atoms with Gasteiger partial charge in [0, 0.05) is 25.0 Å². The molecule has 3 N–H and O–H groups in total. The molecular weight excluding hydrogens is 214 g/mol. The Morgan fingerprint density at radius 2 is 2.24 bits per heavy atom. The van der Waals surface area contributed by atoms with Crippen LogP contribution in [0.2, 0.25) is 0 Å². The van der Waals surface area contributed by atoms with Crippen molar-refractivity contribution >= 4 is 5.91 Å². The predicted octanol–water partition coefficient (Wildman–Crippen LogP) is 0.962. The third-order valence-corrected chi connectivity index (χ3v) is 3.36. The van der Waals surface area contributed by atoms with Gasteiger partial charge in [-0.2, -0.15) is 0 Å². The average Bonchev–Trinajstić information content (AvgIpc) is 2.60. The van der Waals surface area contributed by atoms with Crippen molar-refractivity contribution in [2.75, 3.05) is 26.7 Å². The predicted molar refractivity (Wildman–Crippen MR) is 70.7 cm³/mol. The molecule has 0 saturated carbocycles. The third kappa shape index (κ3) is 6.64. The molecule has 0 spiro atoms. The van der Waals surface area contributed by atoms with Gasteiger partial charge in [0.15, 0.2) is 0 Å². The highest BCUT2D eigenvalue weighted by molar-refractivity contribution is 5.75. The lowest BCUT2D eigenvalue weighted by molar-refractivity contribution is -0.121. The topological polar surface area (TPSA) is 58.4 Å². The molecule has 0 radical (unpaired) electrons. The summed E-state index contributed by atoms with van der Waals surface area (Å²) in [6, 6.07) is 0. The minimum absolute atomic E-state index is 0.134. The van der Waals surface area contributed by atoms with E-state index in [-0.39, 0.29) is 11.4 Å². The molecule has 0 bridgehead atoms. The highest BCUT2D eigenvalue weighted by atomic mass is 16.1. The molecule has 0 aromatic carbocycles. The molecule has 1 atom stereocenters. The monoisotopic (exact) mass is 241 g/mol. The molecule has 1 rings (SSSR count). The summed E-state index contributed by atoms with van der Waals surface area (Å²) in [7, 11) is 2.15. The summed E-state index contributed by atoms with van der Waals surface area (Å²) in [5, 5.41) is 2.98. The number of nitrogens with one attached hydrogen (secondary N) is 1. The summed E-state index contributed by atoms with van der Waals surface area (Å²) in [5.74, 6) is 0.890. The molecule has 1 heterocycles. The lowest BCUT2D eigenvalue weighted by Gasteiger charge is -2.17. The Hall–Kier alpha value is -0.610. The lowest BCUT2D eigenvalue weighted by atomic mass is 10.00. The Bertz CT molecular complexity index is 248. The van der Waals surface area contributed by atoms with Gasteiger partial charge in [0.25, 0.3) is 0 Å². The number of amides is 1. The van der Waals surface area contributed by atoms with Crippen molar-refractivity contribution in [3.8, 4) is 0 Å². The number of likely N-dealkylation sites (tertiary alicyclic amines) is 1. The smallest absolute Gasteiger partial charge is 0.220 e. The first-order valence-electron chi connectivity index (χ1n) is 6.61. The van der Waals surface area contributed by atoms with Crippen LogP contribution in [-0.2, 0) is 4.79 Å². The molecule has 0 aliphatic carbocycles. The van der Waals surface area contributed by atoms with Gasteiger partial charge in [0.1, 0.15) is 0 Å². The van der Waals surface area contributed by atoms with E-state index in [2.05, 4.69) is 17.3 Å². The van der Waals surface area contributed by atoms with Crippen LogP contribution in [0.25, 0.3) is 0 Å². The van der Waals surface area contributed by atoms with E-state index in [0.29, 0.717) is 6.42 Å². The van der Waals surface area contributed by atoms with Crippen LogP contribution in [0.1, 0.15) is 39.5 Å². The molecule has 0 aromatic rings. The number of carbonyl (C=O) groups excluding carboxylic acids is 1. The first kappa shape index (κ1) is 14.5. The average molecular weight is 241 g/mol. The van der Waals surface area contributed by atoms with Gasteiger partial charge < -0.3 is 16.0 Å². The highest BCUT2D eigenvalue weighted by Crippen LogP contribution is 2.17. The van der Waals surface area contributed by atoms with Crippen LogP contribution in [0.5, 0.6) is 0 Å². The minimum Gasteiger partial charge on any atom is -0.356 e. The van der Waals surface area contributed by atoms with E-state index in [1.165, 1.54) is 19.5 Å². The molecule has 17 heavy (non-hydrogen) atoms. The Morgan fingerprint density at radius 3 is 2.76 bits per heavy atom. The fourth-order valence-corrected chi connectivity index (χ4v) is 2.20. The zero-order chi connectivity index (χ0) is 12.9. The number of rotatable bonds is 6. The van der Waals surface area contributed by atoms with Crippen LogP contribution in [0.3, 0.4) is 0 Å². The minimum atomic E-state index is -0.245. The maximum atomic E-state index is 11.6. The number of carbonyl (C=O) groups is 1. The normalized spacial score (nSPS) is 21.8. The summed E-state index contributed by atoms with van der Waals surface area (Å²) in [5.41, 5.74) is 5.60. The standard InChI is InChI=1S/C13H27N3O/c1-13(2,14)7-4-12(17)15-8-5-11-6-9-16(3)10-11/h11H,4-10,14H2,1-3H3,(H,15,17). The Kier molecular flexibility index (Phi) is 5.40. The summed E-state index contributed by atoms with van der Waals surface area (Å²) < 4.78 is 0. The van der Waals surface area contributed by atoms with Crippen LogP contribution < -0.4 is 11.1 Å².